The summed E-state index contributed by atoms with van der Waals surface area (Å²) in [5.74, 6) is 1.32. The highest BCUT2D eigenvalue weighted by Crippen LogP contribution is 2.34. The van der Waals surface area contributed by atoms with Gasteiger partial charge in [0.05, 0.1) is 18.5 Å². The SMILES string of the molecule is CCOc1cc(N2CCC(C(N)=O)CC2)ccc1Nc1ncc(Cl)c(Nc2ccccc2CNC)n1. The number of carbonyl (C=O) groups is 1. The normalized spacial score (nSPS) is 13.9. The van der Waals surface area contributed by atoms with Gasteiger partial charge in [0.15, 0.2) is 5.82 Å². The summed E-state index contributed by atoms with van der Waals surface area (Å²) in [7, 11) is 1.90. The third kappa shape index (κ3) is 6.16. The summed E-state index contributed by atoms with van der Waals surface area (Å²) in [6.07, 6.45) is 3.08. The number of nitrogens with zero attached hydrogens (tertiary/aromatic N) is 3. The number of anilines is 5. The Hall–Kier alpha value is -3.56. The zero-order valence-corrected chi connectivity index (χ0v) is 21.3. The fourth-order valence-electron chi connectivity index (χ4n) is 4.26. The Morgan fingerprint density at radius 1 is 1.17 bits per heavy atom. The van der Waals surface area contributed by atoms with Gasteiger partial charge in [-0.25, -0.2) is 4.98 Å². The van der Waals surface area contributed by atoms with Gasteiger partial charge in [0.1, 0.15) is 10.8 Å². The van der Waals surface area contributed by atoms with Crippen molar-refractivity contribution in [1.82, 2.24) is 15.3 Å². The van der Waals surface area contributed by atoms with Crippen LogP contribution in [0.2, 0.25) is 5.02 Å². The number of amides is 1. The van der Waals surface area contributed by atoms with E-state index in [0.29, 0.717) is 35.7 Å². The van der Waals surface area contributed by atoms with E-state index < -0.39 is 0 Å². The van der Waals surface area contributed by atoms with Gasteiger partial charge in [-0.2, -0.15) is 4.98 Å². The van der Waals surface area contributed by atoms with Crippen molar-refractivity contribution in [1.29, 1.82) is 0 Å². The minimum absolute atomic E-state index is 0.0522. The van der Waals surface area contributed by atoms with Crippen LogP contribution in [-0.4, -0.2) is 42.6 Å². The number of nitrogens with one attached hydrogen (secondary N) is 3. The predicted molar refractivity (Wildman–Crippen MR) is 145 cm³/mol. The number of hydrogen-bond donors (Lipinski definition) is 4. The fraction of sp³-hybridized carbons (Fsp3) is 0.346. The molecular formula is C26H32ClN7O2. The molecule has 0 atom stereocenters. The van der Waals surface area contributed by atoms with Crippen LogP contribution in [0.3, 0.4) is 0 Å². The average Bonchev–Trinajstić information content (AvgIpc) is 2.88. The van der Waals surface area contributed by atoms with E-state index >= 15 is 0 Å². The first-order chi connectivity index (χ1) is 17.5. The maximum absolute atomic E-state index is 11.5. The van der Waals surface area contributed by atoms with Crippen molar-refractivity contribution in [3.63, 3.8) is 0 Å². The number of ether oxygens (including phenoxy) is 1. The van der Waals surface area contributed by atoms with Crippen LogP contribution in [0.4, 0.5) is 28.8 Å². The summed E-state index contributed by atoms with van der Waals surface area (Å²) in [5, 5.41) is 10.2. The van der Waals surface area contributed by atoms with Gasteiger partial charge >= 0.3 is 0 Å². The molecule has 2 aromatic carbocycles. The van der Waals surface area contributed by atoms with Crippen molar-refractivity contribution in [2.75, 3.05) is 42.3 Å². The Kier molecular flexibility index (Phi) is 8.45. The van der Waals surface area contributed by atoms with Crippen LogP contribution < -0.4 is 31.3 Å². The van der Waals surface area contributed by atoms with Gasteiger partial charge in [-0.15, -0.1) is 0 Å². The van der Waals surface area contributed by atoms with Crippen LogP contribution in [0, 0.1) is 5.92 Å². The number of aromatic nitrogens is 2. The van der Waals surface area contributed by atoms with Gasteiger partial charge in [0.25, 0.3) is 0 Å². The number of halogens is 1. The largest absolute Gasteiger partial charge is 0.492 e. The summed E-state index contributed by atoms with van der Waals surface area (Å²) < 4.78 is 5.92. The Labute approximate surface area is 216 Å². The molecule has 9 nitrogen and oxygen atoms in total. The Bertz CT molecular complexity index is 1200. The number of hydrogen-bond acceptors (Lipinski definition) is 8. The molecule has 1 aliphatic heterocycles. The lowest BCUT2D eigenvalue weighted by molar-refractivity contribution is -0.122. The molecule has 36 heavy (non-hydrogen) atoms. The summed E-state index contributed by atoms with van der Waals surface area (Å²) in [5.41, 5.74) is 9.27. The lowest BCUT2D eigenvalue weighted by Crippen LogP contribution is -2.38. The maximum Gasteiger partial charge on any atom is 0.229 e. The molecule has 1 fully saturated rings. The molecule has 1 aromatic heterocycles. The van der Waals surface area contributed by atoms with E-state index in [0.717, 1.165) is 48.6 Å². The molecule has 1 aliphatic rings. The molecule has 3 aromatic rings. The molecule has 0 unspecified atom stereocenters. The van der Waals surface area contributed by atoms with Gasteiger partial charge in [-0.3, -0.25) is 4.79 Å². The lowest BCUT2D eigenvalue weighted by atomic mass is 9.96. The highest BCUT2D eigenvalue weighted by Gasteiger charge is 2.24. The lowest BCUT2D eigenvalue weighted by Gasteiger charge is -2.32. The van der Waals surface area contributed by atoms with Crippen molar-refractivity contribution in [3.8, 4) is 5.75 Å². The number of rotatable bonds is 10. The second-order valence-corrected chi connectivity index (χ2v) is 9.01. The molecule has 0 radical (unpaired) electrons. The van der Waals surface area contributed by atoms with Gasteiger partial charge in [-0.05, 0) is 50.6 Å². The monoisotopic (exact) mass is 509 g/mol. The minimum atomic E-state index is -0.216. The first-order valence-corrected chi connectivity index (χ1v) is 12.5. The van der Waals surface area contributed by atoms with Crippen molar-refractivity contribution in [2.45, 2.75) is 26.3 Å². The van der Waals surface area contributed by atoms with Crippen molar-refractivity contribution >= 4 is 46.3 Å². The van der Waals surface area contributed by atoms with Crippen LogP contribution in [0.25, 0.3) is 0 Å². The van der Waals surface area contributed by atoms with E-state index in [1.54, 1.807) is 6.20 Å². The van der Waals surface area contributed by atoms with Crippen LogP contribution >= 0.6 is 11.6 Å². The predicted octanol–water partition coefficient (Wildman–Crippen LogP) is 4.44. The molecule has 1 amide bonds. The van der Waals surface area contributed by atoms with Gasteiger partial charge < -0.3 is 31.3 Å². The highest BCUT2D eigenvalue weighted by molar-refractivity contribution is 6.32. The summed E-state index contributed by atoms with van der Waals surface area (Å²) in [6.45, 7) is 4.71. The number of piperidine rings is 1. The molecular weight excluding hydrogens is 478 g/mol. The van der Waals surface area contributed by atoms with Crippen LogP contribution in [0.5, 0.6) is 5.75 Å². The van der Waals surface area contributed by atoms with Gasteiger partial charge in [0, 0.05) is 43.0 Å². The van der Waals surface area contributed by atoms with E-state index in [-0.39, 0.29) is 11.8 Å². The van der Waals surface area contributed by atoms with Crippen molar-refractivity contribution < 1.29 is 9.53 Å². The van der Waals surface area contributed by atoms with E-state index in [2.05, 4.69) is 30.8 Å². The topological polar surface area (TPSA) is 117 Å². The first kappa shape index (κ1) is 25.5. The van der Waals surface area contributed by atoms with E-state index in [4.69, 9.17) is 22.1 Å². The second kappa shape index (κ2) is 11.9. The molecule has 0 aliphatic carbocycles. The second-order valence-electron chi connectivity index (χ2n) is 8.60. The Morgan fingerprint density at radius 3 is 2.67 bits per heavy atom. The zero-order chi connectivity index (χ0) is 25.5. The zero-order valence-electron chi connectivity index (χ0n) is 20.6. The third-order valence-corrected chi connectivity index (χ3v) is 6.43. The molecule has 4 rings (SSSR count). The third-order valence-electron chi connectivity index (χ3n) is 6.16. The van der Waals surface area contributed by atoms with E-state index in [1.807, 2.05) is 56.4 Å². The molecule has 0 spiro atoms. The standard InChI is InChI=1S/C26H32ClN7O2/c1-3-36-23-14-19(34-12-10-17(11-13-34)24(28)35)8-9-22(23)32-26-30-16-20(27)25(33-26)31-21-7-5-4-6-18(21)15-29-2/h4-9,14,16-17,29H,3,10-13,15H2,1-2H3,(H2,28,35)(H2,30,31,32,33). The van der Waals surface area contributed by atoms with Crippen LogP contribution in [-0.2, 0) is 11.3 Å². The highest BCUT2D eigenvalue weighted by atomic mass is 35.5. The molecule has 2 heterocycles. The van der Waals surface area contributed by atoms with E-state index in [1.165, 1.54) is 0 Å². The summed E-state index contributed by atoms with van der Waals surface area (Å²) in [4.78, 5) is 22.7. The van der Waals surface area contributed by atoms with Crippen molar-refractivity contribution in [3.05, 3.63) is 59.2 Å². The minimum Gasteiger partial charge on any atom is -0.492 e. The first-order valence-electron chi connectivity index (χ1n) is 12.1. The number of para-hydroxylation sites is 1. The number of primary amides is 1. The maximum atomic E-state index is 11.5. The van der Waals surface area contributed by atoms with Gasteiger partial charge in [0.2, 0.25) is 11.9 Å². The van der Waals surface area contributed by atoms with Gasteiger partial charge in [-0.1, -0.05) is 29.8 Å². The molecule has 10 heteroatoms. The van der Waals surface area contributed by atoms with Crippen molar-refractivity contribution in [2.24, 2.45) is 11.7 Å². The smallest absolute Gasteiger partial charge is 0.229 e. The summed E-state index contributed by atoms with van der Waals surface area (Å²) >= 11 is 6.41. The fourth-order valence-corrected chi connectivity index (χ4v) is 4.40. The number of benzene rings is 2. The Balaban J connectivity index is 1.53. The Morgan fingerprint density at radius 2 is 1.94 bits per heavy atom. The molecule has 0 saturated carbocycles. The number of carbonyl (C=O) groups excluding carboxylic acids is 1. The van der Waals surface area contributed by atoms with Crippen LogP contribution in [0.15, 0.2) is 48.7 Å². The number of nitrogens with two attached hydrogens (primary N) is 1. The summed E-state index contributed by atoms with van der Waals surface area (Å²) in [6, 6.07) is 14.0. The quantitative estimate of drug-likeness (QED) is 0.317. The molecule has 5 N–H and O–H groups in total. The van der Waals surface area contributed by atoms with Crippen LogP contribution in [0.1, 0.15) is 25.3 Å². The van der Waals surface area contributed by atoms with E-state index in [9.17, 15) is 4.79 Å². The molecule has 190 valence electrons. The average molecular weight is 510 g/mol. The molecule has 1 saturated heterocycles. The molecule has 0 bridgehead atoms.